The summed E-state index contributed by atoms with van der Waals surface area (Å²) in [6.45, 7) is 2.50. The van der Waals surface area contributed by atoms with Crippen LogP contribution in [0.1, 0.15) is 61.8 Å². The van der Waals surface area contributed by atoms with Crippen LogP contribution in [0, 0.1) is 0 Å². The van der Waals surface area contributed by atoms with E-state index in [2.05, 4.69) is 29.6 Å². The van der Waals surface area contributed by atoms with Crippen LogP contribution in [-0.4, -0.2) is 33.4 Å². The van der Waals surface area contributed by atoms with E-state index in [0.29, 0.717) is 23.3 Å². The number of nitrogens with one attached hydrogen (secondary N) is 1. The van der Waals surface area contributed by atoms with Crippen LogP contribution in [0.25, 0.3) is 0 Å². The molecule has 0 bridgehead atoms. The SMILES string of the molecule is CC1=C(C(=O)OC2CCCCC2)C(c2ccc(OCCc3ccccc3)cc2)n2nc(SCc3ccccc3)nc2N1. The molecule has 4 aromatic rings. The molecule has 0 amide bonds. The van der Waals surface area contributed by atoms with Crippen LogP contribution >= 0.6 is 11.8 Å². The van der Waals surface area contributed by atoms with Crippen molar-refractivity contribution in [1.82, 2.24) is 14.8 Å². The van der Waals surface area contributed by atoms with Crippen LogP contribution in [0.3, 0.4) is 0 Å². The molecule has 8 heteroatoms. The third-order valence-electron chi connectivity index (χ3n) is 7.79. The Bertz CT molecular complexity index is 1510. The van der Waals surface area contributed by atoms with Gasteiger partial charge in [-0.3, -0.25) is 0 Å². The molecule has 1 aromatic heterocycles. The molecule has 1 unspecified atom stereocenters. The number of nitrogens with zero attached hydrogens (tertiary/aromatic N) is 3. The van der Waals surface area contributed by atoms with Crippen molar-refractivity contribution in [3.05, 3.63) is 113 Å². The van der Waals surface area contributed by atoms with Crippen molar-refractivity contribution in [2.24, 2.45) is 0 Å². The lowest BCUT2D eigenvalue weighted by molar-refractivity contribution is -0.146. The van der Waals surface area contributed by atoms with Gasteiger partial charge in [0.25, 0.3) is 0 Å². The van der Waals surface area contributed by atoms with Gasteiger partial charge in [-0.25, -0.2) is 9.48 Å². The quantitative estimate of drug-likeness (QED) is 0.155. The number of anilines is 1. The fourth-order valence-corrected chi connectivity index (χ4v) is 6.35. The Labute approximate surface area is 251 Å². The van der Waals surface area contributed by atoms with E-state index in [4.69, 9.17) is 19.6 Å². The molecule has 42 heavy (non-hydrogen) atoms. The monoisotopic (exact) mass is 580 g/mol. The molecule has 0 saturated heterocycles. The molecular formula is C34H36N4O3S. The maximum atomic E-state index is 13.7. The molecule has 1 saturated carbocycles. The first-order chi connectivity index (χ1) is 20.6. The minimum absolute atomic E-state index is 0.0401. The summed E-state index contributed by atoms with van der Waals surface area (Å²) in [6, 6.07) is 28.1. The van der Waals surface area contributed by atoms with Gasteiger partial charge in [0.05, 0.1) is 12.2 Å². The van der Waals surface area contributed by atoms with Crippen LogP contribution < -0.4 is 10.1 Å². The number of hydrogen-bond acceptors (Lipinski definition) is 7. The van der Waals surface area contributed by atoms with E-state index in [0.717, 1.165) is 54.9 Å². The number of rotatable bonds is 10. The molecule has 216 valence electrons. The highest BCUT2D eigenvalue weighted by Crippen LogP contribution is 2.38. The van der Waals surface area contributed by atoms with Crippen molar-refractivity contribution in [1.29, 1.82) is 0 Å². The maximum Gasteiger partial charge on any atom is 0.338 e. The molecule has 2 aliphatic rings. The third-order valence-corrected chi connectivity index (χ3v) is 8.70. The molecule has 2 heterocycles. The summed E-state index contributed by atoms with van der Waals surface area (Å²) in [7, 11) is 0. The lowest BCUT2D eigenvalue weighted by Gasteiger charge is -2.30. The summed E-state index contributed by atoms with van der Waals surface area (Å²) in [6.07, 6.45) is 6.02. The smallest absolute Gasteiger partial charge is 0.338 e. The summed E-state index contributed by atoms with van der Waals surface area (Å²) in [5.74, 6) is 1.87. The minimum Gasteiger partial charge on any atom is -0.493 e. The Balaban J connectivity index is 1.24. The van der Waals surface area contributed by atoms with E-state index in [1.165, 1.54) is 17.5 Å². The van der Waals surface area contributed by atoms with E-state index in [1.807, 2.05) is 72.3 Å². The highest BCUT2D eigenvalue weighted by Gasteiger charge is 2.36. The van der Waals surface area contributed by atoms with E-state index < -0.39 is 6.04 Å². The van der Waals surface area contributed by atoms with Crippen molar-refractivity contribution in [2.45, 2.75) is 68.5 Å². The van der Waals surface area contributed by atoms with Crippen LogP contribution in [0.5, 0.6) is 5.75 Å². The molecule has 1 aliphatic carbocycles. The Kier molecular flexibility index (Phi) is 8.89. The molecular weight excluding hydrogens is 544 g/mol. The fourth-order valence-electron chi connectivity index (χ4n) is 5.56. The Morgan fingerprint density at radius 2 is 1.62 bits per heavy atom. The summed E-state index contributed by atoms with van der Waals surface area (Å²) < 4.78 is 13.9. The van der Waals surface area contributed by atoms with Crippen molar-refractivity contribution in [3.8, 4) is 5.75 Å². The van der Waals surface area contributed by atoms with Crippen LogP contribution in [0.15, 0.2) is 101 Å². The van der Waals surface area contributed by atoms with E-state index in [-0.39, 0.29) is 12.1 Å². The van der Waals surface area contributed by atoms with E-state index in [1.54, 1.807) is 11.8 Å². The second-order valence-corrected chi connectivity index (χ2v) is 11.8. The zero-order chi connectivity index (χ0) is 28.7. The maximum absolute atomic E-state index is 13.7. The second-order valence-electron chi connectivity index (χ2n) is 10.8. The van der Waals surface area contributed by atoms with Crippen LogP contribution in [0.2, 0.25) is 0 Å². The Hall–Kier alpha value is -4.04. The van der Waals surface area contributed by atoms with Gasteiger partial charge in [0, 0.05) is 17.9 Å². The number of carbonyl (C=O) groups is 1. The van der Waals surface area contributed by atoms with E-state index >= 15 is 0 Å². The Morgan fingerprint density at radius 1 is 0.929 bits per heavy atom. The van der Waals surface area contributed by atoms with Crippen molar-refractivity contribution >= 4 is 23.7 Å². The average molecular weight is 581 g/mol. The minimum atomic E-state index is -0.464. The first-order valence-electron chi connectivity index (χ1n) is 14.7. The van der Waals surface area contributed by atoms with Gasteiger partial charge in [-0.1, -0.05) is 91.0 Å². The molecule has 1 fully saturated rings. The molecule has 3 aromatic carbocycles. The highest BCUT2D eigenvalue weighted by molar-refractivity contribution is 7.98. The largest absolute Gasteiger partial charge is 0.493 e. The van der Waals surface area contributed by atoms with Crippen LogP contribution in [-0.2, 0) is 21.7 Å². The number of ether oxygens (including phenoxy) is 2. The highest BCUT2D eigenvalue weighted by atomic mass is 32.2. The Morgan fingerprint density at radius 3 is 2.33 bits per heavy atom. The zero-order valence-electron chi connectivity index (χ0n) is 23.9. The molecule has 1 N–H and O–H groups in total. The number of carbonyl (C=O) groups excluding carboxylic acids is 1. The standard InChI is InChI=1S/C34H36N4O3S/c1-24-30(32(39)41-29-15-9-4-10-16-29)31(27-17-19-28(20-18-27)40-22-21-25-11-5-2-6-12-25)38-33(35-24)36-34(37-38)42-23-26-13-7-3-8-14-26/h2-3,5-8,11-14,17-20,29,31H,4,9-10,15-16,21-23H2,1H3,(H,35,36,37). The lowest BCUT2D eigenvalue weighted by Crippen LogP contribution is -2.32. The summed E-state index contributed by atoms with van der Waals surface area (Å²) in [4.78, 5) is 18.5. The number of allylic oxidation sites excluding steroid dienone is 1. The van der Waals surface area contributed by atoms with Gasteiger partial charge < -0.3 is 14.8 Å². The predicted octanol–water partition coefficient (Wildman–Crippen LogP) is 7.36. The molecule has 0 spiro atoms. The first kappa shape index (κ1) is 28.1. The molecule has 7 nitrogen and oxygen atoms in total. The first-order valence-corrected chi connectivity index (χ1v) is 15.7. The van der Waals surface area contributed by atoms with E-state index in [9.17, 15) is 4.79 Å². The van der Waals surface area contributed by atoms with Gasteiger partial charge in [-0.2, -0.15) is 4.98 Å². The number of thioether (sulfide) groups is 1. The average Bonchev–Trinajstić information content (AvgIpc) is 3.43. The van der Waals surface area contributed by atoms with Crippen molar-refractivity contribution in [3.63, 3.8) is 0 Å². The number of hydrogen-bond donors (Lipinski definition) is 1. The van der Waals surface area contributed by atoms with Gasteiger partial charge in [0.2, 0.25) is 11.1 Å². The zero-order valence-corrected chi connectivity index (χ0v) is 24.7. The number of aromatic nitrogens is 3. The summed E-state index contributed by atoms with van der Waals surface area (Å²) in [5.41, 5.74) is 4.67. The summed E-state index contributed by atoms with van der Waals surface area (Å²) >= 11 is 1.58. The summed E-state index contributed by atoms with van der Waals surface area (Å²) in [5, 5.41) is 8.86. The van der Waals surface area contributed by atoms with Crippen LogP contribution in [0.4, 0.5) is 5.95 Å². The number of esters is 1. The molecule has 6 rings (SSSR count). The van der Waals surface area contributed by atoms with Gasteiger partial charge in [0.1, 0.15) is 17.9 Å². The van der Waals surface area contributed by atoms with Gasteiger partial charge >= 0.3 is 5.97 Å². The van der Waals surface area contributed by atoms with Gasteiger partial charge in [0.15, 0.2) is 0 Å². The number of fused-ring (bicyclic) bond motifs is 1. The molecule has 1 atom stereocenters. The molecule has 0 radical (unpaired) electrons. The van der Waals surface area contributed by atoms with Gasteiger partial charge in [-0.05, 0) is 61.4 Å². The molecule has 1 aliphatic heterocycles. The fraction of sp³-hybridized carbons (Fsp3) is 0.324. The van der Waals surface area contributed by atoms with Gasteiger partial charge in [-0.15, -0.1) is 5.10 Å². The van der Waals surface area contributed by atoms with Crippen molar-refractivity contribution in [2.75, 3.05) is 11.9 Å². The topological polar surface area (TPSA) is 78.3 Å². The number of benzene rings is 3. The van der Waals surface area contributed by atoms with Crippen molar-refractivity contribution < 1.29 is 14.3 Å². The predicted molar refractivity (Wildman–Crippen MR) is 166 cm³/mol. The second kappa shape index (κ2) is 13.3. The third kappa shape index (κ3) is 6.71. The normalized spacial score (nSPS) is 16.9. The lowest BCUT2D eigenvalue weighted by atomic mass is 9.95.